The molecule has 3 nitrogen and oxygen atoms in total. The van der Waals surface area contributed by atoms with Crippen LogP contribution in [0.15, 0.2) is 47.4 Å². The molecule has 0 amide bonds. The molecule has 2 aromatic rings. The van der Waals surface area contributed by atoms with Gasteiger partial charge in [0.25, 0.3) is 0 Å². The van der Waals surface area contributed by atoms with Crippen molar-refractivity contribution in [3.05, 3.63) is 42.5 Å². The molecule has 72 valence electrons. The van der Waals surface area contributed by atoms with E-state index in [0.29, 0.717) is 5.39 Å². The van der Waals surface area contributed by atoms with Crippen LogP contribution in [-0.4, -0.2) is 50.7 Å². The predicted octanol–water partition coefficient (Wildman–Crippen LogP) is 1.36. The molecule has 2 aromatic carbocycles. The average molecular weight is 247 g/mol. The Balaban J connectivity index is 0.00000112. The van der Waals surface area contributed by atoms with Crippen LogP contribution in [0, 0.1) is 0 Å². The quantitative estimate of drug-likeness (QED) is 0.565. The Labute approximate surface area is 118 Å². The first-order valence-corrected chi connectivity index (χ1v) is 5.43. The number of rotatable bonds is 1. The van der Waals surface area contributed by atoms with Crippen molar-refractivity contribution < 1.29 is 13.0 Å². The molecule has 0 saturated heterocycles. The van der Waals surface area contributed by atoms with E-state index in [4.69, 9.17) is 0 Å². The molecule has 0 unspecified atom stereocenters. The van der Waals surface area contributed by atoms with E-state index in [0.717, 1.165) is 5.39 Å². The Morgan fingerprint density at radius 2 is 1.53 bits per heavy atom. The molecule has 0 atom stereocenters. The van der Waals surface area contributed by atoms with Gasteiger partial charge in [-0.15, -0.1) is 0 Å². The fourth-order valence-corrected chi connectivity index (χ4v) is 2.11. The van der Waals surface area contributed by atoms with Crippen molar-refractivity contribution in [2.75, 3.05) is 0 Å². The van der Waals surface area contributed by atoms with Crippen molar-refractivity contribution in [1.29, 1.82) is 0 Å². The van der Waals surface area contributed by atoms with E-state index in [1.165, 1.54) is 6.07 Å². The van der Waals surface area contributed by atoms with Gasteiger partial charge < -0.3 is 4.55 Å². The molecular weight excluding hydrogens is 240 g/mol. The zero-order valence-corrected chi connectivity index (χ0v) is 10.9. The summed E-state index contributed by atoms with van der Waals surface area (Å²) in [6, 6.07) is 11.5. The molecule has 0 N–H and O–H groups in total. The summed E-state index contributed by atoms with van der Waals surface area (Å²) in [7, 11) is -4.38. The van der Waals surface area contributed by atoms with Crippen LogP contribution < -0.4 is 0 Å². The van der Waals surface area contributed by atoms with Gasteiger partial charge in [0.05, 0.1) is 4.90 Å². The first-order chi connectivity index (χ1) is 6.59. The summed E-state index contributed by atoms with van der Waals surface area (Å²) < 4.78 is 32.7. The number of hydrogen-bond acceptors (Lipinski definition) is 3. The van der Waals surface area contributed by atoms with Gasteiger partial charge in [-0.25, -0.2) is 8.42 Å². The zero-order valence-electron chi connectivity index (χ0n) is 7.88. The van der Waals surface area contributed by atoms with Crippen LogP contribution in [0.5, 0.6) is 0 Å². The van der Waals surface area contributed by atoms with Crippen molar-refractivity contribution in [1.82, 2.24) is 0 Å². The minimum atomic E-state index is -4.38. The molecule has 15 heavy (non-hydrogen) atoms. The number of hydrogen-bond donors (Lipinski definition) is 0. The topological polar surface area (TPSA) is 57.2 Å². The van der Waals surface area contributed by atoms with Crippen LogP contribution in [0.2, 0.25) is 0 Å². The summed E-state index contributed by atoms with van der Waals surface area (Å²) in [6.45, 7) is 0. The molecule has 2 rings (SSSR count). The normalized spacial score (nSPS) is 11.0. The average Bonchev–Trinajstić information content (AvgIpc) is 2.15. The Morgan fingerprint density at radius 3 is 2.20 bits per heavy atom. The molecule has 0 aliphatic rings. The first kappa shape index (κ1) is 12.9. The number of benzene rings is 2. The summed E-state index contributed by atoms with van der Waals surface area (Å²) >= 11 is 0. The summed E-state index contributed by atoms with van der Waals surface area (Å²) in [5.41, 5.74) is 0. The Hall–Kier alpha value is -0.130. The second kappa shape index (κ2) is 4.80. The molecule has 0 aromatic heterocycles. The van der Waals surface area contributed by atoms with Gasteiger partial charge in [-0.05, 0) is 16.8 Å². The van der Waals surface area contributed by atoms with Crippen LogP contribution in [0.1, 0.15) is 0 Å². The van der Waals surface area contributed by atoms with E-state index in [-0.39, 0.29) is 42.6 Å². The summed E-state index contributed by atoms with van der Waals surface area (Å²) in [5.74, 6) is 0. The number of fused-ring (bicyclic) bond motifs is 1. The first-order valence-electron chi connectivity index (χ1n) is 4.03. The van der Waals surface area contributed by atoms with E-state index in [1.54, 1.807) is 36.4 Å². The molecule has 0 spiro atoms. The van der Waals surface area contributed by atoms with Gasteiger partial charge in [0, 0.05) is 0 Å². The molecule has 0 saturated carbocycles. The van der Waals surface area contributed by atoms with Gasteiger partial charge in [-0.2, -0.15) is 0 Å². The maximum atomic E-state index is 10.9. The standard InChI is InChI=1S/C10H8O3S.Ca/c11-14(12,13)10-7-3-5-8-4-1-2-6-9(8)10;/h1-7H,(H,11,12,13);/q;+2/p-1. The predicted molar refractivity (Wildman–Crippen MR) is 57.7 cm³/mol. The van der Waals surface area contributed by atoms with Crippen molar-refractivity contribution in [3.8, 4) is 0 Å². The van der Waals surface area contributed by atoms with Crippen molar-refractivity contribution in [2.45, 2.75) is 4.90 Å². The second-order valence-corrected chi connectivity index (χ2v) is 4.28. The zero-order chi connectivity index (χ0) is 10.2. The van der Waals surface area contributed by atoms with Crippen LogP contribution in [0.4, 0.5) is 0 Å². The van der Waals surface area contributed by atoms with Gasteiger partial charge in [0.1, 0.15) is 10.1 Å². The third kappa shape index (κ3) is 2.71. The largest absolute Gasteiger partial charge is 2.00 e. The summed E-state index contributed by atoms with van der Waals surface area (Å²) in [5, 5.41) is 1.23. The van der Waals surface area contributed by atoms with Gasteiger partial charge in [0.2, 0.25) is 0 Å². The minimum Gasteiger partial charge on any atom is -0.744 e. The van der Waals surface area contributed by atoms with E-state index < -0.39 is 10.1 Å². The SMILES string of the molecule is O=S(=O)([O-])c1cccc2ccccc12.[Ca+2]. The molecule has 0 fully saturated rings. The maximum absolute atomic E-state index is 10.9. The molecule has 0 radical (unpaired) electrons. The van der Waals surface area contributed by atoms with Crippen molar-refractivity contribution in [3.63, 3.8) is 0 Å². The van der Waals surface area contributed by atoms with Crippen molar-refractivity contribution in [2.24, 2.45) is 0 Å². The van der Waals surface area contributed by atoms with Gasteiger partial charge in [-0.1, -0.05) is 36.4 Å². The Morgan fingerprint density at radius 1 is 0.933 bits per heavy atom. The van der Waals surface area contributed by atoms with Gasteiger partial charge in [-0.3, -0.25) is 0 Å². The van der Waals surface area contributed by atoms with E-state index in [2.05, 4.69) is 0 Å². The molecule has 0 heterocycles. The monoisotopic (exact) mass is 247 g/mol. The summed E-state index contributed by atoms with van der Waals surface area (Å²) in [6.07, 6.45) is 0. The van der Waals surface area contributed by atoms with Crippen LogP contribution in [0.3, 0.4) is 0 Å². The molecular formula is C10H7CaO3S+. The van der Waals surface area contributed by atoms with Crippen LogP contribution in [-0.2, 0) is 10.1 Å². The van der Waals surface area contributed by atoms with Gasteiger partial charge >= 0.3 is 37.7 Å². The third-order valence-corrected chi connectivity index (χ3v) is 2.91. The summed E-state index contributed by atoms with van der Waals surface area (Å²) in [4.78, 5) is -0.157. The smallest absolute Gasteiger partial charge is 0.744 e. The van der Waals surface area contributed by atoms with Crippen LogP contribution >= 0.6 is 0 Å². The minimum absolute atomic E-state index is 0. The van der Waals surface area contributed by atoms with Crippen molar-refractivity contribution >= 4 is 58.6 Å². The van der Waals surface area contributed by atoms with E-state index >= 15 is 0 Å². The Bertz CT molecular complexity index is 573. The fourth-order valence-electron chi connectivity index (χ4n) is 1.41. The maximum Gasteiger partial charge on any atom is 2.00 e. The van der Waals surface area contributed by atoms with Crippen LogP contribution in [0.25, 0.3) is 10.8 Å². The second-order valence-electron chi connectivity index (χ2n) is 2.93. The molecule has 5 heteroatoms. The molecule has 0 bridgehead atoms. The Kier molecular flexibility index (Phi) is 4.14. The third-order valence-electron chi connectivity index (χ3n) is 2.02. The van der Waals surface area contributed by atoms with Gasteiger partial charge in [0.15, 0.2) is 0 Å². The fraction of sp³-hybridized carbons (Fsp3) is 0. The molecule has 0 aliphatic carbocycles. The van der Waals surface area contributed by atoms with E-state index in [9.17, 15) is 13.0 Å². The molecule has 0 aliphatic heterocycles. The van der Waals surface area contributed by atoms with E-state index in [1.807, 2.05) is 0 Å².